The van der Waals surface area contributed by atoms with E-state index in [1.165, 1.54) is 6.92 Å². The van der Waals surface area contributed by atoms with Gasteiger partial charge in [-0.05, 0) is 17.8 Å². The Hall–Kier alpha value is -0.570. The Labute approximate surface area is 114 Å². The molecular formula is C15H34O3. The molecule has 0 aliphatic rings. The summed E-state index contributed by atoms with van der Waals surface area (Å²) in [5.74, 6) is -0.204. The van der Waals surface area contributed by atoms with Gasteiger partial charge in [0.2, 0.25) is 0 Å². The predicted molar refractivity (Wildman–Crippen MR) is 78.7 cm³/mol. The molecule has 0 bridgehead atoms. The van der Waals surface area contributed by atoms with E-state index in [1.807, 2.05) is 20.8 Å². The average molecular weight is 262 g/mol. The van der Waals surface area contributed by atoms with Crippen LogP contribution in [0.1, 0.15) is 62.8 Å². The molecule has 0 aliphatic carbocycles. The quantitative estimate of drug-likeness (QED) is 0.696. The molecule has 0 saturated heterocycles. The van der Waals surface area contributed by atoms with E-state index in [4.69, 9.17) is 9.47 Å². The molecular weight excluding hydrogens is 228 g/mol. The predicted octanol–water partition coefficient (Wildman–Crippen LogP) is 4.30. The minimum Gasteiger partial charge on any atom is -0.465 e. The third-order valence-electron chi connectivity index (χ3n) is 2.28. The summed E-state index contributed by atoms with van der Waals surface area (Å²) >= 11 is 0. The van der Waals surface area contributed by atoms with Gasteiger partial charge in [0, 0.05) is 14.0 Å². The smallest absolute Gasteiger partial charge is 0.302 e. The summed E-state index contributed by atoms with van der Waals surface area (Å²) in [6.07, 6.45) is 0.350. The van der Waals surface area contributed by atoms with Crippen molar-refractivity contribution < 1.29 is 14.3 Å². The monoisotopic (exact) mass is 262 g/mol. The van der Waals surface area contributed by atoms with Crippen molar-refractivity contribution in [3.63, 3.8) is 0 Å². The van der Waals surface area contributed by atoms with E-state index < -0.39 is 0 Å². The molecule has 0 N–H and O–H groups in total. The zero-order valence-electron chi connectivity index (χ0n) is 13.0. The van der Waals surface area contributed by atoms with E-state index in [-0.39, 0.29) is 24.2 Å². The van der Waals surface area contributed by atoms with Crippen LogP contribution >= 0.6 is 0 Å². The SMILES string of the molecule is C.CC(=O)OCC(C)(C)C.COC(C)C(C)(C)C. The first kappa shape index (κ1) is 22.6. The number of esters is 1. The van der Waals surface area contributed by atoms with E-state index >= 15 is 0 Å². The lowest BCUT2D eigenvalue weighted by atomic mass is 9.90. The average Bonchev–Trinajstić information content (AvgIpc) is 2.12. The molecule has 3 heteroatoms. The fourth-order valence-electron chi connectivity index (χ4n) is 0.672. The zero-order chi connectivity index (χ0) is 14.3. The van der Waals surface area contributed by atoms with Crippen LogP contribution in [-0.4, -0.2) is 25.8 Å². The van der Waals surface area contributed by atoms with Crippen molar-refractivity contribution in [3.8, 4) is 0 Å². The summed E-state index contributed by atoms with van der Waals surface area (Å²) in [6.45, 7) is 16.6. The Kier molecular flexibility index (Phi) is 11.8. The molecule has 0 aliphatic heterocycles. The maximum absolute atomic E-state index is 10.3. The first-order valence-corrected chi connectivity index (χ1v) is 6.06. The van der Waals surface area contributed by atoms with Gasteiger partial charge >= 0.3 is 5.97 Å². The normalized spacial score (nSPS) is 12.7. The van der Waals surface area contributed by atoms with Gasteiger partial charge in [-0.2, -0.15) is 0 Å². The van der Waals surface area contributed by atoms with E-state index in [1.54, 1.807) is 7.11 Å². The topological polar surface area (TPSA) is 35.5 Å². The highest BCUT2D eigenvalue weighted by molar-refractivity contribution is 5.65. The van der Waals surface area contributed by atoms with Gasteiger partial charge in [0.15, 0.2) is 0 Å². The second-order valence-corrected chi connectivity index (χ2v) is 6.58. The highest BCUT2D eigenvalue weighted by Crippen LogP contribution is 2.20. The molecule has 0 spiro atoms. The van der Waals surface area contributed by atoms with Gasteiger partial charge in [0.05, 0.1) is 12.7 Å². The highest BCUT2D eigenvalue weighted by Gasteiger charge is 2.18. The number of hydrogen-bond acceptors (Lipinski definition) is 3. The van der Waals surface area contributed by atoms with Crippen molar-refractivity contribution in [3.05, 3.63) is 0 Å². The Morgan fingerprint density at radius 1 is 1.11 bits per heavy atom. The molecule has 0 radical (unpaired) electrons. The van der Waals surface area contributed by atoms with Crippen molar-refractivity contribution in [2.24, 2.45) is 10.8 Å². The molecule has 1 atom stereocenters. The molecule has 0 rings (SSSR count). The Bertz CT molecular complexity index is 209. The third-order valence-corrected chi connectivity index (χ3v) is 2.28. The lowest BCUT2D eigenvalue weighted by Crippen LogP contribution is -2.24. The molecule has 3 nitrogen and oxygen atoms in total. The van der Waals surface area contributed by atoms with E-state index in [2.05, 4.69) is 27.7 Å². The number of ether oxygens (including phenoxy) is 2. The summed E-state index contributed by atoms with van der Waals surface area (Å²) < 4.78 is 9.88. The first-order valence-electron chi connectivity index (χ1n) is 6.06. The van der Waals surface area contributed by atoms with Crippen LogP contribution in [-0.2, 0) is 14.3 Å². The standard InChI is InChI=1S/C7H14O2.C7H16O.CH4/c1-6(8)9-5-7(2,3)4;1-6(8-5)7(2,3)4;/h5H2,1-4H3;6H,1-5H3;1H4. The van der Waals surface area contributed by atoms with E-state index in [9.17, 15) is 4.79 Å². The fraction of sp³-hybridized carbons (Fsp3) is 0.933. The molecule has 0 fully saturated rings. The van der Waals surface area contributed by atoms with Crippen molar-refractivity contribution in [1.29, 1.82) is 0 Å². The number of carbonyl (C=O) groups excluding carboxylic acids is 1. The van der Waals surface area contributed by atoms with Crippen LogP contribution in [0, 0.1) is 10.8 Å². The fourth-order valence-corrected chi connectivity index (χ4v) is 0.672. The molecule has 0 aromatic heterocycles. The van der Waals surface area contributed by atoms with Crippen LogP contribution < -0.4 is 0 Å². The summed E-state index contributed by atoms with van der Waals surface area (Å²) in [4.78, 5) is 10.3. The number of hydrogen-bond donors (Lipinski definition) is 0. The number of methoxy groups -OCH3 is 1. The summed E-state index contributed by atoms with van der Waals surface area (Å²) in [5, 5.41) is 0. The molecule has 0 aromatic rings. The molecule has 112 valence electrons. The largest absolute Gasteiger partial charge is 0.465 e. The van der Waals surface area contributed by atoms with Crippen LogP contribution in [0.5, 0.6) is 0 Å². The maximum atomic E-state index is 10.3. The zero-order valence-corrected chi connectivity index (χ0v) is 13.0. The van der Waals surface area contributed by atoms with Gasteiger partial charge in [-0.25, -0.2) is 0 Å². The van der Waals surface area contributed by atoms with Crippen molar-refractivity contribution >= 4 is 5.97 Å². The van der Waals surface area contributed by atoms with Crippen LogP contribution in [0.3, 0.4) is 0 Å². The molecule has 0 aromatic carbocycles. The molecule has 0 amide bonds. The lowest BCUT2D eigenvalue weighted by Gasteiger charge is -2.25. The lowest BCUT2D eigenvalue weighted by molar-refractivity contribution is -0.143. The van der Waals surface area contributed by atoms with Crippen LogP contribution in [0.25, 0.3) is 0 Å². The van der Waals surface area contributed by atoms with Gasteiger partial charge in [0.25, 0.3) is 0 Å². The third kappa shape index (κ3) is 17.8. The minimum atomic E-state index is -0.204. The van der Waals surface area contributed by atoms with Crippen molar-refractivity contribution in [1.82, 2.24) is 0 Å². The first-order chi connectivity index (χ1) is 7.40. The Morgan fingerprint density at radius 3 is 1.56 bits per heavy atom. The van der Waals surface area contributed by atoms with Crippen molar-refractivity contribution in [2.75, 3.05) is 13.7 Å². The van der Waals surface area contributed by atoms with E-state index in [0.717, 1.165) is 0 Å². The molecule has 0 saturated carbocycles. The summed E-state index contributed by atoms with van der Waals surface area (Å²) in [5.41, 5.74) is 0.375. The van der Waals surface area contributed by atoms with Gasteiger partial charge in [-0.3, -0.25) is 4.79 Å². The summed E-state index contributed by atoms with van der Waals surface area (Å²) in [7, 11) is 1.75. The van der Waals surface area contributed by atoms with Crippen LogP contribution in [0.4, 0.5) is 0 Å². The Balaban J connectivity index is -0.000000238. The van der Waals surface area contributed by atoms with Crippen LogP contribution in [0.15, 0.2) is 0 Å². The van der Waals surface area contributed by atoms with Gasteiger partial charge in [0.1, 0.15) is 0 Å². The highest BCUT2D eigenvalue weighted by atomic mass is 16.5. The van der Waals surface area contributed by atoms with Gasteiger partial charge in [-0.15, -0.1) is 0 Å². The maximum Gasteiger partial charge on any atom is 0.302 e. The van der Waals surface area contributed by atoms with Gasteiger partial charge < -0.3 is 9.47 Å². The van der Waals surface area contributed by atoms with E-state index in [0.29, 0.717) is 12.7 Å². The number of carbonyl (C=O) groups is 1. The van der Waals surface area contributed by atoms with Gasteiger partial charge in [-0.1, -0.05) is 49.0 Å². The summed E-state index contributed by atoms with van der Waals surface area (Å²) in [6, 6.07) is 0. The Morgan fingerprint density at radius 2 is 1.50 bits per heavy atom. The second-order valence-electron chi connectivity index (χ2n) is 6.58. The number of rotatable bonds is 2. The van der Waals surface area contributed by atoms with Crippen molar-refractivity contribution in [2.45, 2.75) is 68.9 Å². The van der Waals surface area contributed by atoms with Crippen LogP contribution in [0.2, 0.25) is 0 Å². The molecule has 18 heavy (non-hydrogen) atoms. The minimum absolute atomic E-state index is 0. The molecule has 0 heterocycles. The molecule has 1 unspecified atom stereocenters. The second kappa shape index (κ2) is 9.37.